The molecule has 1 aliphatic heterocycles. The third kappa shape index (κ3) is 1.40. The Bertz CT molecular complexity index is 142. The van der Waals surface area contributed by atoms with Crippen LogP contribution in [0.2, 0.25) is 0 Å². The molecule has 3 heteroatoms. The van der Waals surface area contributed by atoms with Crippen molar-refractivity contribution in [3.63, 3.8) is 0 Å². The zero-order valence-corrected chi connectivity index (χ0v) is 6.80. The van der Waals surface area contributed by atoms with E-state index in [1.807, 2.05) is 0 Å². The molecule has 0 spiro atoms. The van der Waals surface area contributed by atoms with Crippen molar-refractivity contribution in [2.45, 2.75) is 32.5 Å². The van der Waals surface area contributed by atoms with Crippen LogP contribution >= 0.6 is 12.2 Å². The lowest BCUT2D eigenvalue weighted by atomic mass is 10.3. The molecule has 1 fully saturated rings. The van der Waals surface area contributed by atoms with Gasteiger partial charge in [-0.15, -0.1) is 0 Å². The van der Waals surface area contributed by atoms with E-state index in [0.29, 0.717) is 6.04 Å². The molecule has 2 nitrogen and oxygen atoms in total. The molecule has 0 aromatic rings. The summed E-state index contributed by atoms with van der Waals surface area (Å²) < 4.78 is 0. The maximum absolute atomic E-state index is 5.02. The molecule has 0 saturated carbocycles. The monoisotopic (exact) mass is 144 g/mol. The van der Waals surface area contributed by atoms with Gasteiger partial charge >= 0.3 is 0 Å². The highest BCUT2D eigenvalue weighted by atomic mass is 32.1. The first-order valence-corrected chi connectivity index (χ1v) is 3.52. The van der Waals surface area contributed by atoms with Gasteiger partial charge in [0.15, 0.2) is 0 Å². The van der Waals surface area contributed by atoms with E-state index in [4.69, 9.17) is 12.2 Å². The van der Waals surface area contributed by atoms with Crippen molar-refractivity contribution in [2.24, 2.45) is 0 Å². The summed E-state index contributed by atoms with van der Waals surface area (Å²) in [6, 6.07) is 0.329. The van der Waals surface area contributed by atoms with Gasteiger partial charge in [-0.1, -0.05) is 12.2 Å². The maximum atomic E-state index is 5.02. The normalized spacial score (nSPS) is 32.3. The predicted molar refractivity (Wildman–Crippen MR) is 42.4 cm³/mol. The molecule has 1 aliphatic rings. The van der Waals surface area contributed by atoms with E-state index in [2.05, 4.69) is 31.4 Å². The Labute approximate surface area is 61.0 Å². The Hall–Kier alpha value is -0.150. The fourth-order valence-electron chi connectivity index (χ4n) is 1.06. The minimum absolute atomic E-state index is 0.00347. The minimum atomic E-state index is -0.00347. The van der Waals surface area contributed by atoms with E-state index in [9.17, 15) is 0 Å². The lowest BCUT2D eigenvalue weighted by molar-refractivity contribution is 0.402. The number of rotatable bonds is 0. The van der Waals surface area contributed by atoms with E-state index in [1.165, 1.54) is 0 Å². The third-order valence-corrected chi connectivity index (χ3v) is 1.86. The third-order valence-electron chi connectivity index (χ3n) is 1.41. The Morgan fingerprint density at radius 3 is 2.22 bits per heavy atom. The Morgan fingerprint density at radius 1 is 1.56 bits per heavy atom. The zero-order valence-electron chi connectivity index (χ0n) is 5.99. The second-order valence-corrected chi connectivity index (χ2v) is 3.42. The van der Waals surface area contributed by atoms with Crippen molar-refractivity contribution >= 4 is 17.2 Å². The largest absolute Gasteiger partial charge is 0.361 e. The van der Waals surface area contributed by atoms with Crippen LogP contribution in [0.5, 0.6) is 0 Å². The molecule has 1 rings (SSSR count). The van der Waals surface area contributed by atoms with Crippen LogP contribution in [0, 0.1) is 0 Å². The van der Waals surface area contributed by atoms with Crippen LogP contribution in [0.4, 0.5) is 0 Å². The summed E-state index contributed by atoms with van der Waals surface area (Å²) in [5.74, 6) is 0. The first-order chi connectivity index (χ1) is 4.01. The van der Waals surface area contributed by atoms with Crippen LogP contribution in [0.3, 0.4) is 0 Å². The highest BCUT2D eigenvalue weighted by molar-refractivity contribution is 7.80. The van der Waals surface area contributed by atoms with Gasteiger partial charge in [0, 0.05) is 0 Å². The molecule has 0 aliphatic carbocycles. The summed E-state index contributed by atoms with van der Waals surface area (Å²) in [4.78, 5) is 0.917. The first kappa shape index (κ1) is 6.96. The van der Waals surface area contributed by atoms with Gasteiger partial charge in [-0.3, -0.25) is 5.32 Å². The fourth-order valence-corrected chi connectivity index (χ4v) is 1.37. The quantitative estimate of drug-likeness (QED) is 0.488. The summed E-state index contributed by atoms with van der Waals surface area (Å²) in [6.07, 6.45) is 0. The number of nitrogens with one attached hydrogen (secondary N) is 2. The predicted octanol–water partition coefficient (Wildman–Crippen LogP) is 0.631. The van der Waals surface area contributed by atoms with Crippen molar-refractivity contribution in [3.05, 3.63) is 0 Å². The molecule has 2 N–H and O–H groups in total. The fraction of sp³-hybridized carbons (Fsp3) is 0.833. The number of thiocarbonyl (C=S) groups is 1. The second kappa shape index (κ2) is 1.92. The highest BCUT2D eigenvalue weighted by Gasteiger charge is 2.29. The molecule has 0 radical (unpaired) electrons. The van der Waals surface area contributed by atoms with E-state index in [-0.39, 0.29) is 5.66 Å². The smallest absolute Gasteiger partial charge is 0.0937 e. The molecule has 0 aromatic heterocycles. The Kier molecular flexibility index (Phi) is 1.49. The van der Waals surface area contributed by atoms with Crippen LogP contribution in [-0.2, 0) is 0 Å². The standard InChI is InChI=1S/C6H12N2S/c1-4-5(9)8-6(2,3)7-4/h4,7H,1-3H3,(H,8,9). The number of hydrogen-bond acceptors (Lipinski definition) is 2. The average Bonchev–Trinajstić information content (AvgIpc) is 1.79. The van der Waals surface area contributed by atoms with Gasteiger partial charge in [-0.05, 0) is 20.8 Å². The van der Waals surface area contributed by atoms with Crippen molar-refractivity contribution in [2.75, 3.05) is 0 Å². The first-order valence-electron chi connectivity index (χ1n) is 3.11. The summed E-state index contributed by atoms with van der Waals surface area (Å²) in [7, 11) is 0. The van der Waals surface area contributed by atoms with Crippen molar-refractivity contribution < 1.29 is 0 Å². The van der Waals surface area contributed by atoms with Crippen molar-refractivity contribution in [1.82, 2.24) is 10.6 Å². The van der Waals surface area contributed by atoms with Crippen LogP contribution in [0.25, 0.3) is 0 Å². The van der Waals surface area contributed by atoms with Gasteiger partial charge in [-0.2, -0.15) is 0 Å². The summed E-state index contributed by atoms with van der Waals surface area (Å²) in [6.45, 7) is 6.20. The molecule has 0 bridgehead atoms. The number of hydrogen-bond donors (Lipinski definition) is 2. The summed E-state index contributed by atoms with van der Waals surface area (Å²) >= 11 is 5.02. The lowest BCUT2D eigenvalue weighted by Crippen LogP contribution is -2.43. The van der Waals surface area contributed by atoms with Crippen molar-refractivity contribution in [1.29, 1.82) is 0 Å². The SMILES string of the molecule is CC1NC(C)(C)NC1=S. The van der Waals surface area contributed by atoms with E-state index < -0.39 is 0 Å². The molecule has 1 atom stereocenters. The second-order valence-electron chi connectivity index (χ2n) is 2.98. The van der Waals surface area contributed by atoms with Gasteiger partial charge < -0.3 is 5.32 Å². The van der Waals surface area contributed by atoms with Gasteiger partial charge in [0.2, 0.25) is 0 Å². The molecule has 0 aromatic carbocycles. The Balaban J connectivity index is 2.65. The minimum Gasteiger partial charge on any atom is -0.361 e. The summed E-state index contributed by atoms with van der Waals surface area (Å²) in [5, 5.41) is 6.45. The van der Waals surface area contributed by atoms with Gasteiger partial charge in [0.1, 0.15) is 0 Å². The van der Waals surface area contributed by atoms with Crippen LogP contribution in [-0.4, -0.2) is 16.7 Å². The molecule has 52 valence electrons. The summed E-state index contributed by atoms with van der Waals surface area (Å²) in [5.41, 5.74) is -0.00347. The van der Waals surface area contributed by atoms with Crippen LogP contribution in [0.1, 0.15) is 20.8 Å². The molecule has 9 heavy (non-hydrogen) atoms. The van der Waals surface area contributed by atoms with E-state index >= 15 is 0 Å². The topological polar surface area (TPSA) is 24.1 Å². The van der Waals surface area contributed by atoms with Gasteiger partial charge in [-0.25, -0.2) is 0 Å². The molecular formula is C6H12N2S. The molecule has 1 saturated heterocycles. The molecule has 0 amide bonds. The van der Waals surface area contributed by atoms with Gasteiger partial charge in [0.05, 0.1) is 16.7 Å². The van der Waals surface area contributed by atoms with Crippen LogP contribution in [0.15, 0.2) is 0 Å². The maximum Gasteiger partial charge on any atom is 0.0937 e. The molecular weight excluding hydrogens is 132 g/mol. The molecule has 1 heterocycles. The van der Waals surface area contributed by atoms with E-state index in [0.717, 1.165) is 4.99 Å². The van der Waals surface area contributed by atoms with Gasteiger partial charge in [0.25, 0.3) is 0 Å². The lowest BCUT2D eigenvalue weighted by Gasteiger charge is -2.17. The Morgan fingerprint density at radius 2 is 2.11 bits per heavy atom. The zero-order chi connectivity index (χ0) is 7.07. The average molecular weight is 144 g/mol. The van der Waals surface area contributed by atoms with Crippen molar-refractivity contribution in [3.8, 4) is 0 Å². The van der Waals surface area contributed by atoms with Crippen LogP contribution < -0.4 is 10.6 Å². The highest BCUT2D eigenvalue weighted by Crippen LogP contribution is 2.07. The van der Waals surface area contributed by atoms with E-state index in [1.54, 1.807) is 0 Å². The molecule has 1 unspecified atom stereocenters.